The predicted octanol–water partition coefficient (Wildman–Crippen LogP) is 3.36. The van der Waals surface area contributed by atoms with Crippen LogP contribution in [0.1, 0.15) is 21.4 Å². The van der Waals surface area contributed by atoms with Crippen LogP contribution in [0, 0.1) is 6.92 Å². The first-order valence-electron chi connectivity index (χ1n) is 7.30. The Morgan fingerprint density at radius 2 is 1.96 bits per heavy atom. The highest BCUT2D eigenvalue weighted by Gasteiger charge is 2.28. The summed E-state index contributed by atoms with van der Waals surface area (Å²) in [6.07, 6.45) is 1.94. The molecular weight excluding hydrogens is 312 g/mol. The fourth-order valence-electron chi connectivity index (χ4n) is 2.59. The van der Waals surface area contributed by atoms with E-state index in [2.05, 4.69) is 19.1 Å². The molecule has 0 aliphatic carbocycles. The second-order valence-electron chi connectivity index (χ2n) is 5.32. The van der Waals surface area contributed by atoms with E-state index in [1.54, 1.807) is 25.6 Å². The van der Waals surface area contributed by atoms with Gasteiger partial charge in [0.05, 0.1) is 20.8 Å². The van der Waals surface area contributed by atoms with Crippen molar-refractivity contribution in [3.8, 4) is 11.5 Å². The van der Waals surface area contributed by atoms with Gasteiger partial charge in [-0.15, -0.1) is 16.4 Å². The molecule has 122 valence electrons. The van der Waals surface area contributed by atoms with Gasteiger partial charge in [0, 0.05) is 15.8 Å². The largest absolute Gasteiger partial charge is 0.493 e. The Bertz CT molecular complexity index is 726. The molecule has 1 aliphatic rings. The van der Waals surface area contributed by atoms with Gasteiger partial charge in [0.1, 0.15) is 6.04 Å². The summed E-state index contributed by atoms with van der Waals surface area (Å²) in [6, 6.07) is 10.1. The summed E-state index contributed by atoms with van der Waals surface area (Å²) < 4.78 is 10.6. The van der Waals surface area contributed by atoms with Crippen LogP contribution in [0.2, 0.25) is 0 Å². The van der Waals surface area contributed by atoms with Crippen LogP contribution >= 0.6 is 11.3 Å². The zero-order valence-corrected chi connectivity index (χ0v) is 14.2. The van der Waals surface area contributed by atoms with Crippen LogP contribution < -0.4 is 15.2 Å². The Morgan fingerprint density at radius 1 is 1.17 bits per heavy atom. The van der Waals surface area contributed by atoms with Crippen LogP contribution in [0.3, 0.4) is 0 Å². The fourth-order valence-corrected chi connectivity index (χ4v) is 3.54. The molecule has 0 fully saturated rings. The van der Waals surface area contributed by atoms with E-state index in [4.69, 9.17) is 20.0 Å². The molecule has 1 aromatic carbocycles. The first-order valence-corrected chi connectivity index (χ1v) is 8.11. The van der Waals surface area contributed by atoms with Crippen LogP contribution in [0.4, 0.5) is 0 Å². The molecular formula is C17H20N2O3S. The average Bonchev–Trinajstić information content (AvgIpc) is 3.12. The van der Waals surface area contributed by atoms with Gasteiger partial charge in [0.15, 0.2) is 11.5 Å². The minimum absolute atomic E-state index is 0.0294. The van der Waals surface area contributed by atoms with Crippen molar-refractivity contribution in [3.05, 3.63) is 57.6 Å². The lowest BCUT2D eigenvalue weighted by Gasteiger charge is -2.22. The summed E-state index contributed by atoms with van der Waals surface area (Å²) in [7, 11) is 3.26. The van der Waals surface area contributed by atoms with E-state index in [1.807, 2.05) is 29.3 Å². The summed E-state index contributed by atoms with van der Waals surface area (Å²) in [5.74, 6) is 1.84. The third-order valence-corrected chi connectivity index (χ3v) is 4.77. The minimum atomic E-state index is 0.0294. The molecule has 23 heavy (non-hydrogen) atoms. The van der Waals surface area contributed by atoms with Crippen molar-refractivity contribution in [1.29, 1.82) is 0 Å². The fraction of sp³-hybridized carbons (Fsp3) is 0.294. The van der Waals surface area contributed by atoms with Gasteiger partial charge in [0.2, 0.25) is 5.88 Å². The highest BCUT2D eigenvalue weighted by atomic mass is 32.1. The van der Waals surface area contributed by atoms with Gasteiger partial charge in [-0.3, -0.25) is 0 Å². The molecule has 2 N–H and O–H groups in total. The predicted molar refractivity (Wildman–Crippen MR) is 90.2 cm³/mol. The number of thiophene rings is 1. The van der Waals surface area contributed by atoms with Gasteiger partial charge in [-0.25, -0.2) is 0 Å². The van der Waals surface area contributed by atoms with Crippen molar-refractivity contribution >= 4 is 11.3 Å². The third kappa shape index (κ3) is 3.28. The smallest absolute Gasteiger partial charge is 0.207 e. The van der Waals surface area contributed by atoms with Gasteiger partial charge < -0.3 is 20.0 Å². The number of rotatable bonds is 5. The maximum Gasteiger partial charge on any atom is 0.207 e. The van der Waals surface area contributed by atoms with Crippen molar-refractivity contribution < 1.29 is 14.3 Å². The van der Waals surface area contributed by atoms with Crippen LogP contribution in [-0.2, 0) is 11.4 Å². The number of aryl methyl sites for hydroxylation is 1. The SMILES string of the molecule is COc1ccc(CN2OC(N)=CC2c2ccc(C)s2)cc1OC. The monoisotopic (exact) mass is 332 g/mol. The van der Waals surface area contributed by atoms with Gasteiger partial charge in [-0.05, 0) is 36.8 Å². The average molecular weight is 332 g/mol. The van der Waals surface area contributed by atoms with E-state index in [1.165, 1.54) is 9.75 Å². The highest BCUT2D eigenvalue weighted by Crippen LogP contribution is 2.36. The summed E-state index contributed by atoms with van der Waals surface area (Å²) in [6.45, 7) is 2.69. The van der Waals surface area contributed by atoms with Crippen molar-refractivity contribution in [2.45, 2.75) is 19.5 Å². The van der Waals surface area contributed by atoms with E-state index < -0.39 is 0 Å². The summed E-state index contributed by atoms with van der Waals surface area (Å²) in [4.78, 5) is 8.16. The molecule has 5 nitrogen and oxygen atoms in total. The van der Waals surface area contributed by atoms with Crippen molar-refractivity contribution in [3.63, 3.8) is 0 Å². The van der Waals surface area contributed by atoms with Crippen molar-refractivity contribution in [2.24, 2.45) is 5.73 Å². The highest BCUT2D eigenvalue weighted by molar-refractivity contribution is 7.12. The summed E-state index contributed by atoms with van der Waals surface area (Å²) in [5, 5.41) is 1.88. The molecule has 0 amide bonds. The topological polar surface area (TPSA) is 57.0 Å². The first-order chi connectivity index (χ1) is 11.1. The molecule has 2 heterocycles. The molecule has 0 saturated heterocycles. The van der Waals surface area contributed by atoms with Crippen molar-refractivity contribution in [1.82, 2.24) is 5.06 Å². The Labute approximate surface area is 139 Å². The van der Waals surface area contributed by atoms with E-state index in [0.717, 1.165) is 5.56 Å². The number of hydrogen-bond donors (Lipinski definition) is 1. The van der Waals surface area contributed by atoms with E-state index >= 15 is 0 Å². The van der Waals surface area contributed by atoms with E-state index in [0.29, 0.717) is 23.9 Å². The molecule has 1 aromatic heterocycles. The quantitative estimate of drug-likeness (QED) is 0.910. The number of methoxy groups -OCH3 is 2. The van der Waals surface area contributed by atoms with E-state index in [9.17, 15) is 0 Å². The molecule has 6 heteroatoms. The number of benzene rings is 1. The zero-order valence-electron chi connectivity index (χ0n) is 13.4. The molecule has 0 saturated carbocycles. The van der Waals surface area contributed by atoms with E-state index in [-0.39, 0.29) is 6.04 Å². The summed E-state index contributed by atoms with van der Waals surface area (Å²) >= 11 is 1.75. The van der Waals surface area contributed by atoms with Crippen LogP contribution in [0.25, 0.3) is 0 Å². The molecule has 3 rings (SSSR count). The lowest BCUT2D eigenvalue weighted by Crippen LogP contribution is -2.22. The maximum atomic E-state index is 5.87. The van der Waals surface area contributed by atoms with Crippen LogP contribution in [-0.4, -0.2) is 19.3 Å². The Balaban J connectivity index is 1.81. The normalized spacial score (nSPS) is 17.7. The Hall–Kier alpha value is -2.18. The van der Waals surface area contributed by atoms with Crippen molar-refractivity contribution in [2.75, 3.05) is 14.2 Å². The molecule has 1 unspecified atom stereocenters. The first kappa shape index (κ1) is 15.7. The molecule has 2 aromatic rings. The van der Waals surface area contributed by atoms with Gasteiger partial charge >= 0.3 is 0 Å². The number of hydrogen-bond acceptors (Lipinski definition) is 6. The Kier molecular flexibility index (Phi) is 4.45. The number of nitrogens with two attached hydrogens (primary N) is 1. The number of ether oxygens (including phenoxy) is 2. The molecule has 0 radical (unpaired) electrons. The molecule has 0 spiro atoms. The molecule has 1 atom stereocenters. The molecule has 0 bridgehead atoms. The van der Waals surface area contributed by atoms with Gasteiger partial charge in [-0.1, -0.05) is 6.07 Å². The van der Waals surface area contributed by atoms with Crippen LogP contribution in [0.5, 0.6) is 11.5 Å². The third-order valence-electron chi connectivity index (χ3n) is 3.69. The van der Waals surface area contributed by atoms with Gasteiger partial charge in [-0.2, -0.15) is 0 Å². The van der Waals surface area contributed by atoms with Gasteiger partial charge in [0.25, 0.3) is 0 Å². The maximum absolute atomic E-state index is 5.87. The second-order valence-corrected chi connectivity index (χ2v) is 6.64. The lowest BCUT2D eigenvalue weighted by molar-refractivity contribution is -0.127. The Morgan fingerprint density at radius 3 is 2.61 bits per heavy atom. The number of hydroxylamine groups is 2. The van der Waals surface area contributed by atoms with Crippen LogP contribution in [0.15, 0.2) is 42.3 Å². The lowest BCUT2D eigenvalue weighted by atomic mass is 10.1. The standard InChI is InChI=1S/C17H20N2O3S/c1-11-4-7-16(23-11)13-9-17(18)22-19(13)10-12-5-6-14(20-2)15(8-12)21-3/h4-9,13H,10,18H2,1-3H3. The summed E-state index contributed by atoms with van der Waals surface area (Å²) in [5.41, 5.74) is 6.93. The number of nitrogens with zero attached hydrogens (tertiary/aromatic N) is 1. The molecule has 1 aliphatic heterocycles. The minimum Gasteiger partial charge on any atom is -0.493 e. The second kappa shape index (κ2) is 6.52. The zero-order chi connectivity index (χ0) is 16.4.